The molecule has 1 N–H and O–H groups in total. The standard InChI is InChI=1S/C15H16N2O2S/c1-17(8-10-5-6-20-9-10)15(19)12-7-11-3-2-4-13(11)16-14(12)18/h5-7,9H,2-4,8H2,1H3,(H,16,18). The van der Waals surface area contributed by atoms with Gasteiger partial charge >= 0.3 is 0 Å². The molecule has 2 aromatic rings. The quantitative estimate of drug-likeness (QED) is 0.941. The maximum Gasteiger partial charge on any atom is 0.261 e. The molecule has 104 valence electrons. The molecule has 0 unspecified atom stereocenters. The van der Waals surface area contributed by atoms with E-state index in [9.17, 15) is 9.59 Å². The van der Waals surface area contributed by atoms with E-state index in [1.54, 1.807) is 29.4 Å². The van der Waals surface area contributed by atoms with Crippen LogP contribution in [0.25, 0.3) is 0 Å². The second-order valence-electron chi connectivity index (χ2n) is 5.16. The van der Waals surface area contributed by atoms with Crippen LogP contribution in [0.4, 0.5) is 0 Å². The van der Waals surface area contributed by atoms with Crippen LogP contribution in [0.15, 0.2) is 27.7 Å². The van der Waals surface area contributed by atoms with Crippen molar-refractivity contribution < 1.29 is 4.79 Å². The number of H-pyrrole nitrogens is 1. The lowest BCUT2D eigenvalue weighted by molar-refractivity contribution is 0.0783. The molecule has 0 fully saturated rings. The molecule has 2 heterocycles. The van der Waals surface area contributed by atoms with Crippen LogP contribution in [0, 0.1) is 0 Å². The van der Waals surface area contributed by atoms with Gasteiger partial charge in [-0.25, -0.2) is 0 Å². The molecule has 3 rings (SSSR count). The second-order valence-corrected chi connectivity index (χ2v) is 5.94. The number of pyridine rings is 1. The highest BCUT2D eigenvalue weighted by Crippen LogP contribution is 2.19. The Morgan fingerprint density at radius 3 is 3.05 bits per heavy atom. The van der Waals surface area contributed by atoms with Gasteiger partial charge in [0.05, 0.1) is 0 Å². The van der Waals surface area contributed by atoms with Crippen LogP contribution in [0.5, 0.6) is 0 Å². The summed E-state index contributed by atoms with van der Waals surface area (Å²) in [4.78, 5) is 28.9. The van der Waals surface area contributed by atoms with Gasteiger partial charge in [0, 0.05) is 19.3 Å². The molecule has 0 saturated carbocycles. The molecule has 1 aliphatic carbocycles. The highest BCUT2D eigenvalue weighted by atomic mass is 32.1. The summed E-state index contributed by atoms with van der Waals surface area (Å²) in [6.45, 7) is 0.527. The van der Waals surface area contributed by atoms with E-state index in [2.05, 4.69) is 4.98 Å². The molecule has 0 aliphatic heterocycles. The summed E-state index contributed by atoms with van der Waals surface area (Å²) in [6.07, 6.45) is 2.90. The van der Waals surface area contributed by atoms with E-state index in [1.807, 2.05) is 16.8 Å². The van der Waals surface area contributed by atoms with Gasteiger partial charge in [0.15, 0.2) is 0 Å². The van der Waals surface area contributed by atoms with Crippen LogP contribution >= 0.6 is 11.3 Å². The van der Waals surface area contributed by atoms with E-state index in [0.29, 0.717) is 6.54 Å². The third kappa shape index (κ3) is 2.41. The molecule has 0 bridgehead atoms. The van der Waals surface area contributed by atoms with Gasteiger partial charge in [-0.15, -0.1) is 0 Å². The molecule has 0 atom stereocenters. The highest BCUT2D eigenvalue weighted by molar-refractivity contribution is 7.07. The largest absolute Gasteiger partial charge is 0.337 e. The molecule has 0 aromatic carbocycles. The van der Waals surface area contributed by atoms with Crippen molar-refractivity contribution in [3.63, 3.8) is 0 Å². The Morgan fingerprint density at radius 1 is 1.45 bits per heavy atom. The number of aromatic nitrogens is 1. The molecule has 2 aromatic heterocycles. The zero-order chi connectivity index (χ0) is 14.1. The van der Waals surface area contributed by atoms with Crippen LogP contribution in [0.3, 0.4) is 0 Å². The molecule has 5 heteroatoms. The zero-order valence-electron chi connectivity index (χ0n) is 11.3. The summed E-state index contributed by atoms with van der Waals surface area (Å²) in [6, 6.07) is 3.76. The molecular formula is C15H16N2O2S. The summed E-state index contributed by atoms with van der Waals surface area (Å²) < 4.78 is 0. The van der Waals surface area contributed by atoms with E-state index in [1.165, 1.54) is 0 Å². The third-order valence-electron chi connectivity index (χ3n) is 3.67. The van der Waals surface area contributed by atoms with Gasteiger partial charge in [0.2, 0.25) is 0 Å². The highest BCUT2D eigenvalue weighted by Gasteiger charge is 2.20. The first kappa shape index (κ1) is 13.1. The van der Waals surface area contributed by atoms with Crippen molar-refractivity contribution in [1.82, 2.24) is 9.88 Å². The van der Waals surface area contributed by atoms with Crippen molar-refractivity contribution in [2.24, 2.45) is 0 Å². The Bertz CT molecular complexity index is 688. The molecule has 1 amide bonds. The van der Waals surface area contributed by atoms with E-state index in [4.69, 9.17) is 0 Å². The molecule has 4 nitrogen and oxygen atoms in total. The first-order valence-electron chi connectivity index (χ1n) is 6.67. The van der Waals surface area contributed by atoms with Crippen molar-refractivity contribution in [3.05, 3.63) is 55.6 Å². The minimum Gasteiger partial charge on any atom is -0.337 e. The van der Waals surface area contributed by atoms with Gasteiger partial charge in [0.1, 0.15) is 5.56 Å². The van der Waals surface area contributed by atoms with E-state index < -0.39 is 0 Å². The van der Waals surface area contributed by atoms with E-state index >= 15 is 0 Å². The number of nitrogens with zero attached hydrogens (tertiary/aromatic N) is 1. The number of amides is 1. The number of hydrogen-bond acceptors (Lipinski definition) is 3. The van der Waals surface area contributed by atoms with Crippen molar-refractivity contribution in [1.29, 1.82) is 0 Å². The number of hydrogen-bond donors (Lipinski definition) is 1. The van der Waals surface area contributed by atoms with Crippen molar-refractivity contribution in [2.75, 3.05) is 7.05 Å². The number of rotatable bonds is 3. The van der Waals surface area contributed by atoms with Crippen molar-refractivity contribution in [2.45, 2.75) is 25.8 Å². The number of carbonyl (C=O) groups excluding carboxylic acids is 1. The minimum absolute atomic E-state index is 0.216. The molecule has 1 aliphatic rings. The van der Waals surface area contributed by atoms with E-state index in [0.717, 1.165) is 36.1 Å². The Labute approximate surface area is 121 Å². The Balaban J connectivity index is 1.85. The first-order valence-corrected chi connectivity index (χ1v) is 7.61. The first-order chi connectivity index (χ1) is 9.65. The summed E-state index contributed by atoms with van der Waals surface area (Å²) in [5, 5.41) is 3.99. The summed E-state index contributed by atoms with van der Waals surface area (Å²) >= 11 is 1.60. The average molecular weight is 288 g/mol. The van der Waals surface area contributed by atoms with Gasteiger partial charge in [-0.05, 0) is 53.3 Å². The van der Waals surface area contributed by atoms with Crippen LogP contribution in [-0.4, -0.2) is 22.8 Å². The zero-order valence-corrected chi connectivity index (χ0v) is 12.1. The van der Waals surface area contributed by atoms with Crippen LogP contribution in [-0.2, 0) is 19.4 Å². The topological polar surface area (TPSA) is 53.2 Å². The Hall–Kier alpha value is -1.88. The van der Waals surface area contributed by atoms with Crippen LogP contribution in [0.2, 0.25) is 0 Å². The molecule has 0 saturated heterocycles. The minimum atomic E-state index is -0.271. The molecule has 0 spiro atoms. The third-order valence-corrected chi connectivity index (χ3v) is 4.40. The average Bonchev–Trinajstić information content (AvgIpc) is 3.07. The maximum absolute atomic E-state index is 12.4. The lowest BCUT2D eigenvalue weighted by atomic mass is 10.1. The normalized spacial score (nSPS) is 13.2. The fraction of sp³-hybridized carbons (Fsp3) is 0.333. The molecule has 0 radical (unpaired) electrons. The maximum atomic E-state index is 12.4. The number of aryl methyl sites for hydroxylation is 2. The van der Waals surface area contributed by atoms with Gasteiger partial charge in [-0.1, -0.05) is 0 Å². The fourth-order valence-electron chi connectivity index (χ4n) is 2.61. The number of aromatic amines is 1. The monoisotopic (exact) mass is 288 g/mol. The summed E-state index contributed by atoms with van der Waals surface area (Å²) in [7, 11) is 1.73. The predicted octanol–water partition coefficient (Wildman–Crippen LogP) is 2.20. The van der Waals surface area contributed by atoms with Gasteiger partial charge < -0.3 is 9.88 Å². The van der Waals surface area contributed by atoms with Gasteiger partial charge in [0.25, 0.3) is 11.5 Å². The molecule has 20 heavy (non-hydrogen) atoms. The van der Waals surface area contributed by atoms with Crippen molar-refractivity contribution in [3.8, 4) is 0 Å². The summed E-state index contributed by atoms with van der Waals surface area (Å²) in [5.74, 6) is -0.216. The number of nitrogens with one attached hydrogen (secondary N) is 1. The number of thiophene rings is 1. The summed E-state index contributed by atoms with van der Waals surface area (Å²) in [5.41, 5.74) is 3.17. The predicted molar refractivity (Wildman–Crippen MR) is 79.2 cm³/mol. The van der Waals surface area contributed by atoms with Crippen LogP contribution in [0.1, 0.15) is 33.6 Å². The van der Waals surface area contributed by atoms with Gasteiger partial charge in [-0.2, -0.15) is 11.3 Å². The Morgan fingerprint density at radius 2 is 2.30 bits per heavy atom. The lowest BCUT2D eigenvalue weighted by Crippen LogP contribution is -2.31. The number of fused-ring (bicyclic) bond motifs is 1. The van der Waals surface area contributed by atoms with E-state index in [-0.39, 0.29) is 17.0 Å². The number of carbonyl (C=O) groups is 1. The fourth-order valence-corrected chi connectivity index (χ4v) is 3.27. The van der Waals surface area contributed by atoms with Gasteiger partial charge in [-0.3, -0.25) is 9.59 Å². The SMILES string of the molecule is CN(Cc1ccsc1)C(=O)c1cc2c([nH]c1=O)CCC2. The van der Waals surface area contributed by atoms with Crippen LogP contribution < -0.4 is 5.56 Å². The van der Waals surface area contributed by atoms with Crippen molar-refractivity contribution >= 4 is 17.2 Å². The Kier molecular flexibility index (Phi) is 3.44. The lowest BCUT2D eigenvalue weighted by Gasteiger charge is -2.16. The second kappa shape index (κ2) is 5.25. The molecular weight excluding hydrogens is 272 g/mol. The smallest absolute Gasteiger partial charge is 0.261 e.